The van der Waals surface area contributed by atoms with Crippen molar-refractivity contribution in [2.45, 2.75) is 52.8 Å². The summed E-state index contributed by atoms with van der Waals surface area (Å²) >= 11 is 0. The zero-order valence-corrected chi connectivity index (χ0v) is 22.3. The standard InChI is InChI=1S/C29H37N3O5/c1-19(2)9-8-10-22-13-25-27(30-14-22)37-26(20(3)15-32(28(25)34)21(4)18-33)17-31(5)16-23-11-6-7-12-24(23)29(35)36/h6-7,11-14,19-21,26,33H,9,15-18H2,1-5H3,(H,35,36)/t20-,21+,26+/m0/s1. The van der Waals surface area contributed by atoms with Crippen molar-refractivity contribution in [3.63, 3.8) is 0 Å². The van der Waals surface area contributed by atoms with Crippen LogP contribution in [0.3, 0.4) is 0 Å². The maximum absolute atomic E-state index is 13.5. The molecule has 0 saturated heterocycles. The first-order chi connectivity index (χ1) is 17.6. The van der Waals surface area contributed by atoms with Crippen LogP contribution in [-0.4, -0.2) is 75.8 Å². The predicted octanol–water partition coefficient (Wildman–Crippen LogP) is 3.53. The van der Waals surface area contributed by atoms with E-state index in [-0.39, 0.29) is 42.0 Å². The summed E-state index contributed by atoms with van der Waals surface area (Å²) in [7, 11) is 1.91. The summed E-state index contributed by atoms with van der Waals surface area (Å²) in [5.74, 6) is 5.62. The number of pyridine rings is 1. The van der Waals surface area contributed by atoms with Crippen molar-refractivity contribution in [1.29, 1.82) is 0 Å². The van der Waals surface area contributed by atoms with E-state index in [0.29, 0.717) is 42.2 Å². The van der Waals surface area contributed by atoms with Gasteiger partial charge in [-0.2, -0.15) is 0 Å². The summed E-state index contributed by atoms with van der Waals surface area (Å²) < 4.78 is 6.34. The second kappa shape index (κ2) is 12.7. The molecular weight excluding hydrogens is 470 g/mol. The fourth-order valence-electron chi connectivity index (χ4n) is 4.28. The lowest BCUT2D eigenvalue weighted by atomic mass is 9.99. The lowest BCUT2D eigenvalue weighted by molar-refractivity contribution is 0.0325. The van der Waals surface area contributed by atoms with E-state index in [1.54, 1.807) is 29.3 Å². The SMILES string of the molecule is CC(C)CC#Cc1cnc2c(c1)C(=O)N([C@H](C)CO)C[C@H](C)[C@@H](CN(C)Cc1ccccc1C(=O)O)O2. The van der Waals surface area contributed by atoms with Crippen LogP contribution in [0.4, 0.5) is 0 Å². The molecule has 3 rings (SSSR count). The van der Waals surface area contributed by atoms with E-state index < -0.39 is 5.97 Å². The number of carboxylic acid groups (broad SMARTS) is 1. The number of likely N-dealkylation sites (N-methyl/N-ethyl adjacent to an activating group) is 1. The number of benzene rings is 1. The van der Waals surface area contributed by atoms with Gasteiger partial charge in [0.15, 0.2) is 0 Å². The molecule has 1 aromatic heterocycles. The minimum absolute atomic E-state index is 0.0735. The molecule has 1 aromatic carbocycles. The third-order valence-electron chi connectivity index (χ3n) is 6.44. The second-order valence-electron chi connectivity index (χ2n) is 10.3. The number of aliphatic hydroxyl groups is 1. The number of amides is 1. The first kappa shape index (κ1) is 28.2. The van der Waals surface area contributed by atoms with Gasteiger partial charge in [-0.3, -0.25) is 9.69 Å². The Morgan fingerprint density at radius 2 is 2.03 bits per heavy atom. The van der Waals surface area contributed by atoms with E-state index >= 15 is 0 Å². The summed E-state index contributed by atoms with van der Waals surface area (Å²) in [6.07, 6.45) is 2.04. The van der Waals surface area contributed by atoms with Gasteiger partial charge in [0.2, 0.25) is 5.88 Å². The van der Waals surface area contributed by atoms with Crippen molar-refractivity contribution >= 4 is 11.9 Å². The molecule has 2 aromatic rings. The molecular formula is C29H37N3O5. The monoisotopic (exact) mass is 507 g/mol. The fourth-order valence-corrected chi connectivity index (χ4v) is 4.28. The first-order valence-electron chi connectivity index (χ1n) is 12.7. The molecule has 0 unspecified atom stereocenters. The van der Waals surface area contributed by atoms with Crippen LogP contribution >= 0.6 is 0 Å². The number of aromatic carboxylic acids is 1. The molecule has 0 fully saturated rings. The van der Waals surface area contributed by atoms with Gasteiger partial charge in [0.25, 0.3) is 5.91 Å². The normalized spacial score (nSPS) is 18.4. The van der Waals surface area contributed by atoms with Crippen LogP contribution in [0.2, 0.25) is 0 Å². The van der Waals surface area contributed by atoms with Gasteiger partial charge in [-0.05, 0) is 37.6 Å². The van der Waals surface area contributed by atoms with Crippen molar-refractivity contribution in [1.82, 2.24) is 14.8 Å². The maximum atomic E-state index is 13.5. The van der Waals surface area contributed by atoms with Gasteiger partial charge < -0.3 is 19.8 Å². The molecule has 2 N–H and O–H groups in total. The van der Waals surface area contributed by atoms with E-state index in [1.165, 1.54) is 0 Å². The average Bonchev–Trinajstić information content (AvgIpc) is 2.86. The number of hydrogen-bond acceptors (Lipinski definition) is 6. The molecule has 1 aliphatic heterocycles. The topological polar surface area (TPSA) is 103 Å². The number of hydrogen-bond donors (Lipinski definition) is 2. The molecule has 0 bridgehead atoms. The highest BCUT2D eigenvalue weighted by molar-refractivity contribution is 5.97. The van der Waals surface area contributed by atoms with Gasteiger partial charge in [-0.25, -0.2) is 9.78 Å². The number of aliphatic hydroxyl groups excluding tert-OH is 1. The third kappa shape index (κ3) is 7.31. The third-order valence-corrected chi connectivity index (χ3v) is 6.44. The Labute approximate surface area is 219 Å². The lowest BCUT2D eigenvalue weighted by Crippen LogP contribution is -2.49. The van der Waals surface area contributed by atoms with E-state index in [9.17, 15) is 19.8 Å². The molecule has 37 heavy (non-hydrogen) atoms. The van der Waals surface area contributed by atoms with Crippen LogP contribution in [-0.2, 0) is 6.54 Å². The number of carbonyl (C=O) groups excluding carboxylic acids is 1. The van der Waals surface area contributed by atoms with E-state index in [2.05, 4.69) is 30.7 Å². The zero-order valence-electron chi connectivity index (χ0n) is 22.3. The minimum Gasteiger partial charge on any atom is -0.478 e. The molecule has 0 spiro atoms. The van der Waals surface area contributed by atoms with Crippen LogP contribution in [0, 0.1) is 23.7 Å². The van der Waals surface area contributed by atoms with Crippen LogP contribution in [0.25, 0.3) is 0 Å². The number of ether oxygens (including phenoxy) is 1. The molecule has 0 saturated carbocycles. The summed E-state index contributed by atoms with van der Waals surface area (Å²) in [6.45, 7) is 9.16. The number of rotatable bonds is 8. The highest BCUT2D eigenvalue weighted by atomic mass is 16.5. The number of carboxylic acids is 1. The smallest absolute Gasteiger partial charge is 0.336 e. The van der Waals surface area contributed by atoms with Gasteiger partial charge in [-0.1, -0.05) is 50.8 Å². The molecule has 0 radical (unpaired) electrons. The molecule has 3 atom stereocenters. The van der Waals surface area contributed by atoms with Crippen LogP contribution in [0.1, 0.15) is 66.0 Å². The summed E-state index contributed by atoms with van der Waals surface area (Å²) in [5, 5.41) is 19.4. The Balaban J connectivity index is 1.90. The first-order valence-corrected chi connectivity index (χ1v) is 12.7. The molecule has 8 nitrogen and oxygen atoms in total. The van der Waals surface area contributed by atoms with Crippen LogP contribution < -0.4 is 4.74 Å². The van der Waals surface area contributed by atoms with E-state index in [0.717, 1.165) is 6.42 Å². The molecule has 1 amide bonds. The van der Waals surface area contributed by atoms with Crippen molar-refractivity contribution < 1.29 is 24.5 Å². The highest BCUT2D eigenvalue weighted by Crippen LogP contribution is 2.27. The molecule has 198 valence electrons. The molecule has 8 heteroatoms. The highest BCUT2D eigenvalue weighted by Gasteiger charge is 2.34. The van der Waals surface area contributed by atoms with Gasteiger partial charge in [0.05, 0.1) is 18.2 Å². The van der Waals surface area contributed by atoms with Crippen LogP contribution in [0.5, 0.6) is 5.88 Å². The average molecular weight is 508 g/mol. The Hall–Kier alpha value is -3.41. The van der Waals surface area contributed by atoms with E-state index in [1.807, 2.05) is 37.9 Å². The Kier molecular flexibility index (Phi) is 9.67. The number of nitrogens with zero attached hydrogens (tertiary/aromatic N) is 3. The van der Waals surface area contributed by atoms with Gasteiger partial charge >= 0.3 is 5.97 Å². The lowest BCUT2D eigenvalue weighted by Gasteiger charge is -2.37. The Morgan fingerprint density at radius 3 is 2.70 bits per heavy atom. The van der Waals surface area contributed by atoms with Gasteiger partial charge in [0.1, 0.15) is 11.7 Å². The summed E-state index contributed by atoms with van der Waals surface area (Å²) in [5.41, 5.74) is 1.95. The van der Waals surface area contributed by atoms with Crippen molar-refractivity contribution in [3.8, 4) is 17.7 Å². The Morgan fingerprint density at radius 1 is 1.30 bits per heavy atom. The zero-order chi connectivity index (χ0) is 27.1. The van der Waals surface area contributed by atoms with E-state index in [4.69, 9.17) is 4.74 Å². The quantitative estimate of drug-likeness (QED) is 0.527. The maximum Gasteiger partial charge on any atom is 0.336 e. The predicted molar refractivity (Wildman–Crippen MR) is 141 cm³/mol. The van der Waals surface area contributed by atoms with Gasteiger partial charge in [-0.15, -0.1) is 0 Å². The number of aromatic nitrogens is 1. The summed E-state index contributed by atoms with van der Waals surface area (Å²) in [6, 6.07) is 8.29. The fraction of sp³-hybridized carbons (Fsp3) is 0.483. The molecule has 1 aliphatic rings. The minimum atomic E-state index is -0.961. The molecule has 2 heterocycles. The number of fused-ring (bicyclic) bond motifs is 1. The number of carbonyl (C=O) groups is 2. The second-order valence-corrected chi connectivity index (χ2v) is 10.3. The van der Waals surface area contributed by atoms with Crippen molar-refractivity contribution in [2.75, 3.05) is 26.7 Å². The largest absolute Gasteiger partial charge is 0.478 e. The van der Waals surface area contributed by atoms with Gasteiger partial charge in [0, 0.05) is 43.7 Å². The van der Waals surface area contributed by atoms with Crippen molar-refractivity contribution in [3.05, 3.63) is 58.8 Å². The van der Waals surface area contributed by atoms with Crippen molar-refractivity contribution in [2.24, 2.45) is 11.8 Å². The summed E-state index contributed by atoms with van der Waals surface area (Å²) in [4.78, 5) is 33.3. The molecule has 0 aliphatic carbocycles. The van der Waals surface area contributed by atoms with Crippen LogP contribution in [0.15, 0.2) is 36.5 Å². The Bertz CT molecular complexity index is 1170.